The Hall–Kier alpha value is -3.73. The standard InChI is InChI=1S/C26H23N3O2/c1-3-29-23(16-22(30)25-27-13-7-14-28-25)26(2,17-19-9-6-15-31-19)21-12-11-18-8-4-5-10-20(18)24(21)29/h4-16H,3,17H2,1-2H3. The lowest BCUT2D eigenvalue weighted by molar-refractivity contribution is 0.103. The zero-order valence-electron chi connectivity index (χ0n) is 17.6. The van der Waals surface area contributed by atoms with Gasteiger partial charge < -0.3 is 9.32 Å². The molecule has 5 nitrogen and oxygen atoms in total. The molecule has 0 radical (unpaired) electrons. The van der Waals surface area contributed by atoms with Crippen LogP contribution in [0.2, 0.25) is 0 Å². The van der Waals surface area contributed by atoms with Gasteiger partial charge in [0.05, 0.1) is 12.0 Å². The van der Waals surface area contributed by atoms with Gasteiger partial charge in [0.1, 0.15) is 5.76 Å². The van der Waals surface area contributed by atoms with Crippen LogP contribution in [-0.4, -0.2) is 22.3 Å². The third-order valence-electron chi connectivity index (χ3n) is 6.10. The highest BCUT2D eigenvalue weighted by Crippen LogP contribution is 2.52. The number of likely N-dealkylation sites (N-methyl/N-ethyl adjacent to an activating group) is 1. The fourth-order valence-corrected chi connectivity index (χ4v) is 4.68. The van der Waals surface area contributed by atoms with Gasteiger partial charge >= 0.3 is 0 Å². The van der Waals surface area contributed by atoms with Gasteiger partial charge in [0.2, 0.25) is 5.78 Å². The Bertz CT molecular complexity index is 1280. The van der Waals surface area contributed by atoms with E-state index in [2.05, 4.69) is 65.1 Å². The van der Waals surface area contributed by atoms with Gasteiger partial charge in [0.15, 0.2) is 5.82 Å². The molecular weight excluding hydrogens is 386 g/mol. The summed E-state index contributed by atoms with van der Waals surface area (Å²) >= 11 is 0. The second-order valence-electron chi connectivity index (χ2n) is 7.98. The van der Waals surface area contributed by atoms with Crippen molar-refractivity contribution in [3.63, 3.8) is 0 Å². The molecule has 2 aromatic carbocycles. The molecule has 31 heavy (non-hydrogen) atoms. The Balaban J connectivity index is 1.73. The molecule has 1 unspecified atom stereocenters. The van der Waals surface area contributed by atoms with Gasteiger partial charge in [-0.3, -0.25) is 4.79 Å². The van der Waals surface area contributed by atoms with Gasteiger partial charge in [0.25, 0.3) is 0 Å². The molecule has 0 bridgehead atoms. The molecule has 1 aliphatic rings. The zero-order valence-corrected chi connectivity index (χ0v) is 17.6. The van der Waals surface area contributed by atoms with E-state index in [0.717, 1.165) is 23.7 Å². The number of nitrogens with zero attached hydrogens (tertiary/aromatic N) is 3. The van der Waals surface area contributed by atoms with Gasteiger partial charge in [0, 0.05) is 47.9 Å². The molecule has 1 aliphatic heterocycles. The van der Waals surface area contributed by atoms with Crippen LogP contribution < -0.4 is 4.90 Å². The summed E-state index contributed by atoms with van der Waals surface area (Å²) in [5.74, 6) is 0.887. The van der Waals surface area contributed by atoms with Crippen LogP contribution in [-0.2, 0) is 11.8 Å². The van der Waals surface area contributed by atoms with E-state index in [1.165, 1.54) is 16.3 Å². The molecule has 3 heterocycles. The first-order chi connectivity index (χ1) is 15.1. The summed E-state index contributed by atoms with van der Waals surface area (Å²) in [5.41, 5.74) is 2.85. The number of fused-ring (bicyclic) bond motifs is 3. The molecule has 0 saturated heterocycles. The van der Waals surface area contributed by atoms with Crippen molar-refractivity contribution in [3.8, 4) is 0 Å². The van der Waals surface area contributed by atoms with E-state index in [1.54, 1.807) is 30.8 Å². The third kappa shape index (κ3) is 3.13. The molecule has 0 aliphatic carbocycles. The first kappa shape index (κ1) is 19.2. The van der Waals surface area contributed by atoms with Crippen molar-refractivity contribution >= 4 is 22.2 Å². The smallest absolute Gasteiger partial charge is 0.224 e. The number of carbonyl (C=O) groups is 1. The fraction of sp³-hybridized carbons (Fsp3) is 0.192. The second kappa shape index (κ2) is 7.51. The van der Waals surface area contributed by atoms with Crippen molar-refractivity contribution in [2.75, 3.05) is 11.4 Å². The fourth-order valence-electron chi connectivity index (χ4n) is 4.68. The van der Waals surface area contributed by atoms with Crippen LogP contribution in [0.1, 0.15) is 35.8 Å². The maximum atomic E-state index is 13.1. The third-order valence-corrected chi connectivity index (χ3v) is 6.10. The van der Waals surface area contributed by atoms with E-state index in [1.807, 2.05) is 12.1 Å². The molecule has 5 rings (SSSR count). The van der Waals surface area contributed by atoms with Crippen LogP contribution in [0.25, 0.3) is 10.8 Å². The predicted molar refractivity (Wildman–Crippen MR) is 121 cm³/mol. The van der Waals surface area contributed by atoms with Crippen molar-refractivity contribution in [2.24, 2.45) is 0 Å². The van der Waals surface area contributed by atoms with Crippen molar-refractivity contribution in [1.82, 2.24) is 9.97 Å². The number of rotatable bonds is 5. The van der Waals surface area contributed by atoms with Crippen LogP contribution in [0, 0.1) is 0 Å². The lowest BCUT2D eigenvalue weighted by atomic mass is 9.77. The van der Waals surface area contributed by atoms with Crippen LogP contribution in [0.5, 0.6) is 0 Å². The minimum absolute atomic E-state index is 0.197. The maximum absolute atomic E-state index is 13.1. The molecular formula is C26H23N3O2. The Morgan fingerprint density at radius 1 is 1.06 bits per heavy atom. The molecule has 0 spiro atoms. The van der Waals surface area contributed by atoms with E-state index in [4.69, 9.17) is 4.42 Å². The molecule has 5 heteroatoms. The molecule has 4 aromatic rings. The highest BCUT2D eigenvalue weighted by molar-refractivity contribution is 6.05. The topological polar surface area (TPSA) is 59.2 Å². The predicted octanol–water partition coefficient (Wildman–Crippen LogP) is 5.33. The quantitative estimate of drug-likeness (QED) is 0.329. The molecule has 0 amide bonds. The van der Waals surface area contributed by atoms with E-state index < -0.39 is 5.41 Å². The molecule has 0 N–H and O–H groups in total. The second-order valence-corrected chi connectivity index (χ2v) is 7.98. The van der Waals surface area contributed by atoms with Crippen molar-refractivity contribution < 1.29 is 9.21 Å². The highest BCUT2D eigenvalue weighted by Gasteiger charge is 2.45. The van der Waals surface area contributed by atoms with Gasteiger partial charge in [-0.2, -0.15) is 0 Å². The number of hydrogen-bond acceptors (Lipinski definition) is 5. The highest BCUT2D eigenvalue weighted by atomic mass is 16.3. The Kier molecular flexibility index (Phi) is 4.66. The summed E-state index contributed by atoms with van der Waals surface area (Å²) in [6, 6.07) is 18.3. The molecule has 0 saturated carbocycles. The van der Waals surface area contributed by atoms with Crippen molar-refractivity contribution in [3.05, 3.63) is 102 Å². The van der Waals surface area contributed by atoms with Gasteiger partial charge in [-0.25, -0.2) is 9.97 Å². The molecule has 2 aromatic heterocycles. The van der Waals surface area contributed by atoms with Crippen LogP contribution >= 0.6 is 0 Å². The Labute approximate surface area is 181 Å². The molecule has 1 atom stereocenters. The van der Waals surface area contributed by atoms with E-state index in [9.17, 15) is 4.79 Å². The number of aromatic nitrogens is 2. The summed E-state index contributed by atoms with van der Waals surface area (Å²) < 4.78 is 5.71. The number of allylic oxidation sites excluding steroid dienone is 2. The van der Waals surface area contributed by atoms with E-state index >= 15 is 0 Å². The normalized spacial score (nSPS) is 19.2. The minimum atomic E-state index is -0.433. The SMILES string of the molecule is CCN1C(=CC(=O)c2ncccn2)C(C)(Cc2ccco2)c2ccc3ccccc3c21. The minimum Gasteiger partial charge on any atom is -0.469 e. The van der Waals surface area contributed by atoms with Gasteiger partial charge in [-0.05, 0) is 43.0 Å². The molecule has 154 valence electrons. The summed E-state index contributed by atoms with van der Waals surface area (Å²) in [6.45, 7) is 5.04. The maximum Gasteiger partial charge on any atom is 0.224 e. The summed E-state index contributed by atoms with van der Waals surface area (Å²) in [7, 11) is 0. The van der Waals surface area contributed by atoms with E-state index in [-0.39, 0.29) is 11.6 Å². The number of ketones is 1. The summed E-state index contributed by atoms with van der Waals surface area (Å²) in [6.07, 6.45) is 7.23. The molecule has 0 fully saturated rings. The average molecular weight is 409 g/mol. The average Bonchev–Trinajstić information content (AvgIpc) is 3.39. The largest absolute Gasteiger partial charge is 0.469 e. The number of benzene rings is 2. The van der Waals surface area contributed by atoms with Gasteiger partial charge in [-0.1, -0.05) is 36.4 Å². The first-order valence-electron chi connectivity index (χ1n) is 10.5. The van der Waals surface area contributed by atoms with Crippen LogP contribution in [0.4, 0.5) is 5.69 Å². The summed E-state index contributed by atoms with van der Waals surface area (Å²) in [4.78, 5) is 23.7. The van der Waals surface area contributed by atoms with Crippen LogP contribution in [0.15, 0.2) is 89.4 Å². The van der Waals surface area contributed by atoms with Crippen molar-refractivity contribution in [2.45, 2.75) is 25.7 Å². The van der Waals surface area contributed by atoms with Crippen LogP contribution in [0.3, 0.4) is 0 Å². The first-order valence-corrected chi connectivity index (χ1v) is 10.5. The zero-order chi connectivity index (χ0) is 21.4. The lowest BCUT2D eigenvalue weighted by Gasteiger charge is -2.29. The monoisotopic (exact) mass is 409 g/mol. The lowest BCUT2D eigenvalue weighted by Crippen LogP contribution is -2.31. The number of anilines is 1. The number of furan rings is 1. The van der Waals surface area contributed by atoms with Gasteiger partial charge in [-0.15, -0.1) is 0 Å². The van der Waals surface area contributed by atoms with E-state index in [0.29, 0.717) is 6.42 Å². The Morgan fingerprint density at radius 3 is 2.61 bits per heavy atom. The number of carbonyl (C=O) groups excluding carboxylic acids is 1. The summed E-state index contributed by atoms with van der Waals surface area (Å²) in [5, 5.41) is 2.36. The Morgan fingerprint density at radius 2 is 1.87 bits per heavy atom. The van der Waals surface area contributed by atoms with Crippen molar-refractivity contribution in [1.29, 1.82) is 0 Å². The number of hydrogen-bond donors (Lipinski definition) is 0.